The van der Waals surface area contributed by atoms with Gasteiger partial charge in [0.15, 0.2) is 17.2 Å². The average Bonchev–Trinajstić information content (AvgIpc) is 3.45. The second kappa shape index (κ2) is 10.0. The molecule has 1 heterocycles. The molecule has 0 amide bonds. The Morgan fingerprint density at radius 3 is 2.69 bits per heavy atom. The average molecular weight is 485 g/mol. The van der Waals surface area contributed by atoms with Crippen molar-refractivity contribution >= 4 is 17.5 Å². The third-order valence-corrected chi connectivity index (χ3v) is 7.55. The van der Waals surface area contributed by atoms with Crippen LogP contribution in [0.3, 0.4) is 0 Å². The summed E-state index contributed by atoms with van der Waals surface area (Å²) in [5.74, 6) is 3.22. The van der Waals surface area contributed by atoms with E-state index in [0.29, 0.717) is 12.2 Å². The van der Waals surface area contributed by atoms with Gasteiger partial charge in [-0.3, -0.25) is 4.79 Å². The molecule has 0 spiro atoms. The normalized spacial score (nSPS) is 14.7. The van der Waals surface area contributed by atoms with Crippen LogP contribution in [0.1, 0.15) is 52.6 Å². The summed E-state index contributed by atoms with van der Waals surface area (Å²) in [5.41, 5.74) is 3.16. The molecule has 1 atom stereocenters. The van der Waals surface area contributed by atoms with Gasteiger partial charge in [-0.05, 0) is 55.7 Å². The van der Waals surface area contributed by atoms with Crippen molar-refractivity contribution in [2.45, 2.75) is 42.4 Å². The smallest absolute Gasteiger partial charge is 0.188 e. The molecule has 3 aromatic carbocycles. The summed E-state index contributed by atoms with van der Waals surface area (Å²) in [6.45, 7) is 2.03. The number of thioether (sulfide) groups is 1. The number of hydrogen-bond acceptors (Lipinski definition) is 5. The molecule has 0 unspecified atom stereocenters. The molecule has 1 aliphatic carbocycles. The van der Waals surface area contributed by atoms with Crippen molar-refractivity contribution in [2.75, 3.05) is 7.11 Å². The van der Waals surface area contributed by atoms with E-state index in [1.165, 1.54) is 0 Å². The number of Topliss-reactive ketones (excluding diaryl/α,β-unsaturated/α-hetero) is 1. The van der Waals surface area contributed by atoms with Crippen LogP contribution in [0.5, 0.6) is 11.5 Å². The lowest BCUT2D eigenvalue weighted by molar-refractivity contribution is 0.0971. The van der Waals surface area contributed by atoms with Gasteiger partial charge in [0.05, 0.1) is 7.11 Å². The van der Waals surface area contributed by atoms with Crippen LogP contribution >= 0.6 is 11.8 Å². The highest BCUT2D eigenvalue weighted by atomic mass is 32.2. The van der Waals surface area contributed by atoms with Gasteiger partial charge in [0.1, 0.15) is 11.5 Å². The number of nitrogens with one attached hydrogen (secondary N) is 1. The summed E-state index contributed by atoms with van der Waals surface area (Å²) in [6, 6.07) is 22.0. The third-order valence-electron chi connectivity index (χ3n) is 6.53. The van der Waals surface area contributed by atoms with E-state index in [2.05, 4.69) is 28.2 Å². The molecule has 0 aliphatic heterocycles. The van der Waals surface area contributed by atoms with Crippen molar-refractivity contribution in [1.29, 1.82) is 0 Å². The molecule has 5 nitrogen and oxygen atoms in total. The van der Waals surface area contributed by atoms with Gasteiger partial charge in [-0.2, -0.15) is 0 Å². The molecule has 0 bridgehead atoms. The number of imidazole rings is 1. The predicted octanol–water partition coefficient (Wildman–Crippen LogP) is 6.57. The fourth-order valence-electron chi connectivity index (χ4n) is 4.63. The van der Waals surface area contributed by atoms with E-state index in [1.807, 2.05) is 61.7 Å². The van der Waals surface area contributed by atoms with E-state index >= 15 is 0 Å². The Morgan fingerprint density at radius 2 is 1.91 bits per heavy atom. The standard InChI is InChI=1S/C29H28N2O3S/c1-29(28-30-16-17-31-28,20-8-4-3-5-9-20)34-27-15-14-24-23(12-7-13-26(24)32)25(27)19-35-22-11-6-10-21(18-22)33-2/h3-6,8-11,14-18H,7,12-13,19H2,1-2H3,(H,30,31)/t29-/m0/s1. The van der Waals surface area contributed by atoms with E-state index in [9.17, 15) is 4.79 Å². The maximum absolute atomic E-state index is 12.7. The summed E-state index contributed by atoms with van der Waals surface area (Å²) in [4.78, 5) is 21.6. The van der Waals surface area contributed by atoms with Gasteiger partial charge in [-0.25, -0.2) is 4.98 Å². The molecule has 0 fully saturated rings. The molecular formula is C29H28N2O3S. The molecule has 4 aromatic rings. The monoisotopic (exact) mass is 484 g/mol. The Hall–Kier alpha value is -3.51. The van der Waals surface area contributed by atoms with Crippen LogP contribution in [0, 0.1) is 0 Å². The third kappa shape index (κ3) is 4.71. The van der Waals surface area contributed by atoms with Gasteiger partial charge in [-0.15, -0.1) is 11.8 Å². The molecular weight excluding hydrogens is 456 g/mol. The van der Waals surface area contributed by atoms with E-state index in [1.54, 1.807) is 25.1 Å². The lowest BCUT2D eigenvalue weighted by atomic mass is 9.87. The molecule has 35 heavy (non-hydrogen) atoms. The zero-order valence-corrected chi connectivity index (χ0v) is 20.7. The Bertz CT molecular complexity index is 1320. The molecule has 0 saturated heterocycles. The van der Waals surface area contributed by atoms with Crippen LogP contribution in [-0.2, 0) is 17.8 Å². The number of carbonyl (C=O) groups excluding carboxylic acids is 1. The minimum atomic E-state index is -0.826. The Morgan fingerprint density at radius 1 is 1.06 bits per heavy atom. The lowest BCUT2D eigenvalue weighted by Gasteiger charge is -2.32. The van der Waals surface area contributed by atoms with Crippen LogP contribution in [0.4, 0.5) is 0 Å². The van der Waals surface area contributed by atoms with Crippen molar-refractivity contribution in [3.8, 4) is 11.5 Å². The van der Waals surface area contributed by atoms with E-state index in [-0.39, 0.29) is 5.78 Å². The van der Waals surface area contributed by atoms with E-state index in [4.69, 9.17) is 9.47 Å². The number of H-pyrrole nitrogens is 1. The highest BCUT2D eigenvalue weighted by Crippen LogP contribution is 2.40. The first-order chi connectivity index (χ1) is 17.1. The van der Waals surface area contributed by atoms with Crippen LogP contribution in [0.2, 0.25) is 0 Å². The molecule has 1 aromatic heterocycles. The van der Waals surface area contributed by atoms with Gasteiger partial charge in [-0.1, -0.05) is 36.4 Å². The molecule has 1 aliphatic rings. The largest absolute Gasteiger partial charge is 0.497 e. The number of carbonyl (C=O) groups is 1. The summed E-state index contributed by atoms with van der Waals surface area (Å²) in [5, 5.41) is 0. The SMILES string of the molecule is COc1cccc(SCc2c(O[C@@](C)(c3ccccc3)c3ncc[nH]3)ccc3c2CCCC3=O)c1. The van der Waals surface area contributed by atoms with Gasteiger partial charge >= 0.3 is 0 Å². The van der Waals surface area contributed by atoms with Crippen molar-refractivity contribution in [3.05, 3.63) is 107 Å². The number of hydrogen-bond donors (Lipinski definition) is 1. The molecule has 0 saturated carbocycles. The summed E-state index contributed by atoms with van der Waals surface area (Å²) >= 11 is 1.72. The highest BCUT2D eigenvalue weighted by molar-refractivity contribution is 7.98. The first kappa shape index (κ1) is 23.2. The van der Waals surface area contributed by atoms with Crippen molar-refractivity contribution < 1.29 is 14.3 Å². The van der Waals surface area contributed by atoms with E-state index in [0.717, 1.165) is 57.3 Å². The maximum atomic E-state index is 12.7. The van der Waals surface area contributed by atoms with E-state index < -0.39 is 5.60 Å². The molecule has 1 N–H and O–H groups in total. The second-order valence-corrected chi connectivity index (χ2v) is 9.80. The first-order valence-electron chi connectivity index (χ1n) is 11.8. The van der Waals surface area contributed by atoms with Gasteiger partial charge < -0.3 is 14.5 Å². The van der Waals surface area contributed by atoms with Gasteiger partial charge in [0, 0.05) is 46.2 Å². The van der Waals surface area contributed by atoms with Crippen molar-refractivity contribution in [3.63, 3.8) is 0 Å². The maximum Gasteiger partial charge on any atom is 0.188 e. The van der Waals surface area contributed by atoms with Crippen LogP contribution in [0.25, 0.3) is 0 Å². The Balaban J connectivity index is 1.56. The minimum Gasteiger partial charge on any atom is -0.497 e. The van der Waals surface area contributed by atoms with Crippen LogP contribution < -0.4 is 9.47 Å². The highest BCUT2D eigenvalue weighted by Gasteiger charge is 2.35. The fourth-order valence-corrected chi connectivity index (χ4v) is 5.63. The number of fused-ring (bicyclic) bond motifs is 1. The minimum absolute atomic E-state index is 0.210. The Labute approximate surface area is 209 Å². The lowest BCUT2D eigenvalue weighted by Crippen LogP contribution is -2.33. The number of benzene rings is 3. The number of nitrogens with zero attached hydrogens (tertiary/aromatic N) is 1. The number of aromatic nitrogens is 2. The number of ketones is 1. The van der Waals surface area contributed by atoms with Crippen molar-refractivity contribution in [1.82, 2.24) is 9.97 Å². The molecule has 6 heteroatoms. The summed E-state index contributed by atoms with van der Waals surface area (Å²) in [6.07, 6.45) is 5.88. The zero-order chi connectivity index (χ0) is 24.3. The number of methoxy groups -OCH3 is 1. The summed E-state index contributed by atoms with van der Waals surface area (Å²) < 4.78 is 12.3. The molecule has 5 rings (SSSR count). The molecule has 0 radical (unpaired) electrons. The molecule has 178 valence electrons. The quantitative estimate of drug-likeness (QED) is 0.287. The fraction of sp³-hybridized carbons (Fsp3) is 0.241. The zero-order valence-electron chi connectivity index (χ0n) is 19.9. The number of ether oxygens (including phenoxy) is 2. The van der Waals surface area contributed by atoms with Crippen LogP contribution in [-0.4, -0.2) is 22.9 Å². The topological polar surface area (TPSA) is 64.2 Å². The predicted molar refractivity (Wildman–Crippen MR) is 138 cm³/mol. The van der Waals surface area contributed by atoms with Gasteiger partial charge in [0.2, 0.25) is 0 Å². The van der Waals surface area contributed by atoms with Gasteiger partial charge in [0.25, 0.3) is 0 Å². The van der Waals surface area contributed by atoms with Crippen molar-refractivity contribution in [2.24, 2.45) is 0 Å². The summed E-state index contributed by atoms with van der Waals surface area (Å²) in [7, 11) is 1.67. The van der Waals surface area contributed by atoms with Crippen LogP contribution in [0.15, 0.2) is 84.0 Å². The number of rotatable bonds is 8. The Kier molecular flexibility index (Phi) is 6.64. The first-order valence-corrected chi connectivity index (χ1v) is 12.8. The number of aromatic amines is 1. The second-order valence-electron chi connectivity index (χ2n) is 8.75.